The second kappa shape index (κ2) is 5.32. The van der Waals surface area contributed by atoms with Crippen molar-refractivity contribution < 1.29 is 18.0 Å². The van der Waals surface area contributed by atoms with Crippen molar-refractivity contribution in [2.75, 3.05) is 0 Å². The fourth-order valence-corrected chi connectivity index (χ4v) is 4.21. The van der Waals surface area contributed by atoms with Crippen molar-refractivity contribution in [2.45, 2.75) is 57.3 Å². The SMILES string of the molecule is CC1(C2CCC3(CC2)N=C(c2ccc(C(F)(F)F)cc2)C(=O)N3)CC1. The lowest BCUT2D eigenvalue weighted by Gasteiger charge is -2.37. The van der Waals surface area contributed by atoms with Crippen molar-refractivity contribution in [3.8, 4) is 0 Å². The van der Waals surface area contributed by atoms with Gasteiger partial charge >= 0.3 is 6.18 Å². The maximum Gasteiger partial charge on any atom is 0.416 e. The fourth-order valence-electron chi connectivity index (χ4n) is 4.21. The van der Waals surface area contributed by atoms with Crippen molar-refractivity contribution in [3.05, 3.63) is 35.4 Å². The van der Waals surface area contributed by atoms with Gasteiger partial charge < -0.3 is 5.32 Å². The van der Waals surface area contributed by atoms with Gasteiger partial charge in [-0.2, -0.15) is 13.2 Å². The monoisotopic (exact) mass is 350 g/mol. The predicted octanol–water partition coefficient (Wildman–Crippen LogP) is 4.31. The van der Waals surface area contributed by atoms with Crippen LogP contribution in [0, 0.1) is 11.3 Å². The van der Waals surface area contributed by atoms with E-state index in [1.807, 2.05) is 0 Å². The number of amides is 1. The third kappa shape index (κ3) is 2.96. The van der Waals surface area contributed by atoms with Crippen LogP contribution in [-0.4, -0.2) is 17.3 Å². The summed E-state index contributed by atoms with van der Waals surface area (Å²) in [6.07, 6.45) is 1.90. The summed E-state index contributed by atoms with van der Waals surface area (Å²) < 4.78 is 38.1. The number of alkyl halides is 3. The zero-order valence-electron chi connectivity index (χ0n) is 14.1. The number of benzene rings is 1. The quantitative estimate of drug-likeness (QED) is 0.848. The predicted molar refractivity (Wildman–Crippen MR) is 88.2 cm³/mol. The minimum Gasteiger partial charge on any atom is -0.326 e. The van der Waals surface area contributed by atoms with E-state index in [-0.39, 0.29) is 11.6 Å². The molecule has 3 aliphatic rings. The van der Waals surface area contributed by atoms with Gasteiger partial charge in [-0.15, -0.1) is 0 Å². The number of nitrogens with one attached hydrogen (secondary N) is 1. The summed E-state index contributed by atoms with van der Waals surface area (Å²) in [4.78, 5) is 17.0. The van der Waals surface area contributed by atoms with E-state index in [1.54, 1.807) is 0 Å². The number of rotatable bonds is 2. The molecule has 2 saturated carbocycles. The number of nitrogens with zero attached hydrogens (tertiary/aromatic N) is 1. The van der Waals surface area contributed by atoms with E-state index in [2.05, 4.69) is 17.2 Å². The van der Waals surface area contributed by atoms with Gasteiger partial charge in [-0.1, -0.05) is 19.1 Å². The van der Waals surface area contributed by atoms with Crippen LogP contribution in [0.2, 0.25) is 0 Å². The molecule has 6 heteroatoms. The molecule has 1 heterocycles. The van der Waals surface area contributed by atoms with Gasteiger partial charge in [-0.25, -0.2) is 0 Å². The van der Waals surface area contributed by atoms with Gasteiger partial charge in [0.1, 0.15) is 11.4 Å². The number of halogens is 3. The fraction of sp³-hybridized carbons (Fsp3) is 0.579. The van der Waals surface area contributed by atoms with E-state index >= 15 is 0 Å². The van der Waals surface area contributed by atoms with Crippen molar-refractivity contribution in [3.63, 3.8) is 0 Å². The summed E-state index contributed by atoms with van der Waals surface area (Å²) in [5.74, 6) is 0.413. The van der Waals surface area contributed by atoms with E-state index in [0.717, 1.165) is 37.8 Å². The Kier molecular flexibility index (Phi) is 3.54. The van der Waals surface area contributed by atoms with Crippen molar-refractivity contribution >= 4 is 11.6 Å². The summed E-state index contributed by atoms with van der Waals surface area (Å²) in [5.41, 5.74) is -0.104. The zero-order chi connectivity index (χ0) is 17.9. The first-order valence-electron chi connectivity index (χ1n) is 8.81. The molecule has 1 spiro atoms. The average Bonchev–Trinajstić information content (AvgIpc) is 3.23. The lowest BCUT2D eigenvalue weighted by atomic mass is 9.75. The van der Waals surface area contributed by atoms with E-state index in [4.69, 9.17) is 0 Å². The maximum atomic E-state index is 12.7. The molecule has 0 atom stereocenters. The van der Waals surface area contributed by atoms with Gasteiger partial charge in [0, 0.05) is 5.56 Å². The van der Waals surface area contributed by atoms with Crippen LogP contribution in [0.5, 0.6) is 0 Å². The van der Waals surface area contributed by atoms with Gasteiger partial charge in [-0.3, -0.25) is 9.79 Å². The maximum absolute atomic E-state index is 12.7. The molecule has 2 aliphatic carbocycles. The first kappa shape index (κ1) is 16.6. The van der Waals surface area contributed by atoms with E-state index < -0.39 is 17.4 Å². The topological polar surface area (TPSA) is 41.5 Å². The molecule has 1 N–H and O–H groups in total. The summed E-state index contributed by atoms with van der Waals surface area (Å²) in [6, 6.07) is 4.66. The second-order valence-electron chi connectivity index (χ2n) is 7.95. The van der Waals surface area contributed by atoms with Crippen molar-refractivity contribution in [2.24, 2.45) is 16.3 Å². The molecule has 134 valence electrons. The number of carbonyl (C=O) groups is 1. The Morgan fingerprint density at radius 3 is 2.20 bits per heavy atom. The lowest BCUT2D eigenvalue weighted by molar-refractivity contribution is -0.137. The molecule has 0 aromatic heterocycles. The third-order valence-electron chi connectivity index (χ3n) is 6.21. The van der Waals surface area contributed by atoms with Crippen LogP contribution < -0.4 is 5.32 Å². The summed E-state index contributed by atoms with van der Waals surface area (Å²) in [7, 11) is 0. The Balaban J connectivity index is 1.53. The van der Waals surface area contributed by atoms with Crippen LogP contribution in [0.25, 0.3) is 0 Å². The van der Waals surface area contributed by atoms with Crippen LogP contribution in [0.1, 0.15) is 56.6 Å². The molecular formula is C19H21F3N2O. The summed E-state index contributed by atoms with van der Waals surface area (Å²) >= 11 is 0. The highest BCUT2D eigenvalue weighted by Gasteiger charge is 2.50. The van der Waals surface area contributed by atoms with Gasteiger partial charge in [0.05, 0.1) is 5.56 Å². The molecular weight excluding hydrogens is 329 g/mol. The molecule has 1 aliphatic heterocycles. The van der Waals surface area contributed by atoms with Gasteiger partial charge in [0.15, 0.2) is 0 Å². The van der Waals surface area contributed by atoms with Crippen molar-refractivity contribution in [1.82, 2.24) is 5.32 Å². The molecule has 3 nitrogen and oxygen atoms in total. The Morgan fingerprint density at radius 1 is 1.08 bits per heavy atom. The van der Waals surface area contributed by atoms with Crippen LogP contribution in [0.15, 0.2) is 29.3 Å². The Morgan fingerprint density at radius 2 is 1.68 bits per heavy atom. The smallest absolute Gasteiger partial charge is 0.326 e. The third-order valence-corrected chi connectivity index (χ3v) is 6.21. The van der Waals surface area contributed by atoms with Crippen molar-refractivity contribution in [1.29, 1.82) is 0 Å². The summed E-state index contributed by atoms with van der Waals surface area (Å²) in [6.45, 7) is 2.33. The lowest BCUT2D eigenvalue weighted by Crippen LogP contribution is -2.46. The molecule has 1 aromatic rings. The molecule has 25 heavy (non-hydrogen) atoms. The number of hydrogen-bond donors (Lipinski definition) is 1. The van der Waals surface area contributed by atoms with E-state index in [0.29, 0.717) is 16.9 Å². The van der Waals surface area contributed by atoms with Crippen LogP contribution >= 0.6 is 0 Å². The number of carbonyl (C=O) groups excluding carboxylic acids is 1. The van der Waals surface area contributed by atoms with Crippen LogP contribution in [0.4, 0.5) is 13.2 Å². The van der Waals surface area contributed by atoms with Gasteiger partial charge in [0.2, 0.25) is 0 Å². The van der Waals surface area contributed by atoms with E-state index in [9.17, 15) is 18.0 Å². The second-order valence-corrected chi connectivity index (χ2v) is 7.95. The number of aliphatic imine (C=N–C) groups is 1. The summed E-state index contributed by atoms with van der Waals surface area (Å²) in [5, 5.41) is 2.99. The minimum absolute atomic E-state index is 0.254. The minimum atomic E-state index is -4.38. The molecule has 4 rings (SSSR count). The van der Waals surface area contributed by atoms with Gasteiger partial charge in [-0.05, 0) is 62.0 Å². The van der Waals surface area contributed by atoms with E-state index in [1.165, 1.54) is 25.0 Å². The largest absolute Gasteiger partial charge is 0.416 e. The Labute approximate surface area is 144 Å². The highest BCUT2D eigenvalue weighted by atomic mass is 19.4. The Hall–Kier alpha value is -1.85. The normalized spacial score (nSPS) is 31.0. The average molecular weight is 350 g/mol. The molecule has 0 radical (unpaired) electrons. The van der Waals surface area contributed by atoms with Crippen LogP contribution in [-0.2, 0) is 11.0 Å². The molecule has 0 saturated heterocycles. The van der Waals surface area contributed by atoms with Crippen LogP contribution in [0.3, 0.4) is 0 Å². The van der Waals surface area contributed by atoms with Gasteiger partial charge in [0.25, 0.3) is 5.91 Å². The number of hydrogen-bond acceptors (Lipinski definition) is 2. The highest BCUT2D eigenvalue weighted by Crippen LogP contribution is 2.57. The molecule has 0 bridgehead atoms. The zero-order valence-corrected chi connectivity index (χ0v) is 14.1. The standard InChI is InChI=1S/C19H21F3N2O/c1-17(10-11-17)13-6-8-18(9-7-13)23-15(16(25)24-18)12-2-4-14(5-3-12)19(20,21)22/h2-5,13H,6-11H2,1H3,(H,24,25). The first-order valence-corrected chi connectivity index (χ1v) is 8.81. The Bertz CT molecular complexity index is 724. The molecule has 1 amide bonds. The molecule has 0 unspecified atom stereocenters. The molecule has 1 aromatic carbocycles. The molecule has 2 fully saturated rings. The highest BCUT2D eigenvalue weighted by molar-refractivity contribution is 6.46. The first-order chi connectivity index (χ1) is 11.7.